The number of carbonyl (C=O) groups excluding carboxylic acids is 1. The summed E-state index contributed by atoms with van der Waals surface area (Å²) in [5.74, 6) is -0.469. The van der Waals surface area contributed by atoms with E-state index in [4.69, 9.17) is 5.11 Å². The zero-order valence-corrected chi connectivity index (χ0v) is 13.5. The maximum absolute atomic E-state index is 11.1. The Labute approximate surface area is 133 Å². The minimum absolute atomic E-state index is 0. The molecule has 0 saturated heterocycles. The molecule has 0 spiro atoms. The van der Waals surface area contributed by atoms with Crippen molar-refractivity contribution in [3.63, 3.8) is 0 Å². The van der Waals surface area contributed by atoms with E-state index in [1.54, 1.807) is 12.1 Å². The summed E-state index contributed by atoms with van der Waals surface area (Å²) in [7, 11) is -3.40. The molecular formula is C11H13NaO6S. The summed E-state index contributed by atoms with van der Waals surface area (Å²) in [6, 6.07) is 6.27. The number of aryl methyl sites for hydroxylation is 1. The van der Waals surface area contributed by atoms with E-state index in [-0.39, 0.29) is 42.4 Å². The van der Waals surface area contributed by atoms with Crippen molar-refractivity contribution in [2.75, 3.05) is 7.11 Å². The van der Waals surface area contributed by atoms with Gasteiger partial charge in [-0.25, -0.2) is 13.2 Å². The molecule has 6 nitrogen and oxygen atoms in total. The summed E-state index contributed by atoms with van der Waals surface area (Å²) in [6.07, 6.45) is 0.0491. The van der Waals surface area contributed by atoms with Gasteiger partial charge in [0.1, 0.15) is 15.6 Å². The Bertz CT molecular complexity index is 510. The van der Waals surface area contributed by atoms with Gasteiger partial charge in [-0.2, -0.15) is 0 Å². The second-order valence-electron chi connectivity index (χ2n) is 3.67. The van der Waals surface area contributed by atoms with E-state index in [1.807, 2.05) is 0 Å². The number of rotatable bonds is 5. The van der Waals surface area contributed by atoms with Gasteiger partial charge in [-0.3, -0.25) is 0 Å². The van der Waals surface area contributed by atoms with Crippen LogP contribution in [0.15, 0.2) is 24.3 Å². The van der Waals surface area contributed by atoms with Crippen LogP contribution in [-0.2, 0) is 21.3 Å². The van der Waals surface area contributed by atoms with Crippen molar-refractivity contribution in [3.8, 4) is 0 Å². The maximum atomic E-state index is 11.1. The number of hydrogen-bond acceptors (Lipinski definition) is 6. The van der Waals surface area contributed by atoms with Crippen molar-refractivity contribution in [2.24, 2.45) is 0 Å². The monoisotopic (exact) mass is 296 g/mol. The van der Waals surface area contributed by atoms with Crippen LogP contribution in [0.4, 0.5) is 0 Å². The van der Waals surface area contributed by atoms with Crippen LogP contribution in [0.1, 0.15) is 22.3 Å². The molecule has 0 heterocycles. The van der Waals surface area contributed by atoms with Gasteiger partial charge in [-0.1, -0.05) is 12.1 Å². The first-order valence-electron chi connectivity index (χ1n) is 5.14. The van der Waals surface area contributed by atoms with E-state index in [0.717, 1.165) is 0 Å². The Hall–Kier alpha value is -0.440. The Morgan fingerprint density at radius 2 is 1.89 bits per heavy atom. The van der Waals surface area contributed by atoms with Gasteiger partial charge >= 0.3 is 35.5 Å². The van der Waals surface area contributed by atoms with Crippen LogP contribution in [-0.4, -0.2) is 36.6 Å². The van der Waals surface area contributed by atoms with Crippen molar-refractivity contribution in [3.05, 3.63) is 35.4 Å². The normalized spacial score (nSPS) is 12.4. The molecule has 1 aromatic rings. The van der Waals surface area contributed by atoms with E-state index < -0.39 is 21.5 Å². The van der Waals surface area contributed by atoms with Crippen molar-refractivity contribution < 1.29 is 57.2 Å². The average Bonchev–Trinajstić information content (AvgIpc) is 2.34. The largest absolute Gasteiger partial charge is 1.00 e. The molecule has 1 atom stereocenters. The van der Waals surface area contributed by atoms with E-state index in [9.17, 15) is 17.8 Å². The minimum Gasteiger partial charge on any atom is -0.746 e. The molecule has 0 fully saturated rings. The maximum Gasteiger partial charge on any atom is 1.00 e. The predicted octanol–water partition coefficient (Wildman–Crippen LogP) is -2.73. The van der Waals surface area contributed by atoms with E-state index in [2.05, 4.69) is 4.74 Å². The summed E-state index contributed by atoms with van der Waals surface area (Å²) < 4.78 is 35.9. The number of carbonyl (C=O) groups is 1. The molecule has 0 aliphatic heterocycles. The summed E-state index contributed by atoms with van der Waals surface area (Å²) in [5, 5.41) is 9.05. The molecule has 8 heteroatoms. The Morgan fingerprint density at radius 1 is 1.37 bits per heavy atom. The SMILES string of the molecule is COC(=O)c1ccc(CCC(O)S(=O)(=O)[O-])cc1.[Na+]. The molecule has 19 heavy (non-hydrogen) atoms. The molecule has 1 rings (SSSR count). The topological polar surface area (TPSA) is 104 Å². The van der Waals surface area contributed by atoms with Crippen LogP contribution in [0.3, 0.4) is 0 Å². The first-order chi connectivity index (χ1) is 8.34. The molecule has 100 valence electrons. The van der Waals surface area contributed by atoms with Crippen LogP contribution >= 0.6 is 0 Å². The predicted molar refractivity (Wildman–Crippen MR) is 61.8 cm³/mol. The van der Waals surface area contributed by atoms with Crippen molar-refractivity contribution in [1.82, 2.24) is 0 Å². The number of aliphatic hydroxyl groups excluding tert-OH is 1. The Balaban J connectivity index is 0.00000324. The quantitative estimate of drug-likeness (QED) is 0.359. The Morgan fingerprint density at radius 3 is 2.32 bits per heavy atom. The van der Waals surface area contributed by atoms with Crippen molar-refractivity contribution in [2.45, 2.75) is 18.3 Å². The molecule has 1 aromatic carbocycles. The second kappa shape index (κ2) is 7.98. The third-order valence-electron chi connectivity index (χ3n) is 2.39. The van der Waals surface area contributed by atoms with Gasteiger partial charge in [0.25, 0.3) is 0 Å². The van der Waals surface area contributed by atoms with Crippen LogP contribution in [0, 0.1) is 0 Å². The third-order valence-corrected chi connectivity index (χ3v) is 3.29. The standard InChI is InChI=1S/C11H14O6S.Na/c1-17-11(13)9-5-2-8(3-6-9)4-7-10(12)18(14,15)16;/h2-3,5-6,10,12H,4,7H2,1H3,(H,14,15,16);/q;+1/p-1. The zero-order valence-electron chi connectivity index (χ0n) is 10.7. The smallest absolute Gasteiger partial charge is 0.746 e. The van der Waals surface area contributed by atoms with Gasteiger partial charge in [0, 0.05) is 0 Å². The molecule has 1 unspecified atom stereocenters. The van der Waals surface area contributed by atoms with Gasteiger partial charge in [-0.15, -0.1) is 0 Å². The summed E-state index contributed by atoms with van der Waals surface area (Å²) in [5.41, 5.74) is -0.818. The molecule has 0 bridgehead atoms. The number of ether oxygens (including phenoxy) is 1. The zero-order chi connectivity index (χ0) is 13.8. The number of hydrogen-bond donors (Lipinski definition) is 1. The van der Waals surface area contributed by atoms with Gasteiger partial charge < -0.3 is 14.4 Å². The third kappa shape index (κ3) is 6.03. The number of methoxy groups -OCH3 is 1. The second-order valence-corrected chi connectivity index (χ2v) is 5.20. The first-order valence-corrected chi connectivity index (χ1v) is 6.61. The van der Waals surface area contributed by atoms with Gasteiger partial charge in [-0.05, 0) is 30.5 Å². The van der Waals surface area contributed by atoms with Crippen LogP contribution in [0.5, 0.6) is 0 Å². The molecule has 0 amide bonds. The fourth-order valence-corrected chi connectivity index (χ4v) is 1.77. The summed E-state index contributed by atoms with van der Waals surface area (Å²) >= 11 is 0. The summed E-state index contributed by atoms with van der Waals surface area (Å²) in [4.78, 5) is 11.1. The molecule has 0 aliphatic rings. The molecule has 0 saturated carbocycles. The number of esters is 1. The van der Waals surface area contributed by atoms with Crippen LogP contribution in [0.25, 0.3) is 0 Å². The van der Waals surface area contributed by atoms with Gasteiger partial charge in [0.15, 0.2) is 0 Å². The molecule has 0 aromatic heterocycles. The van der Waals surface area contributed by atoms with Crippen LogP contribution in [0.2, 0.25) is 0 Å². The average molecular weight is 296 g/mol. The van der Waals surface area contributed by atoms with E-state index in [0.29, 0.717) is 11.1 Å². The van der Waals surface area contributed by atoms with E-state index >= 15 is 0 Å². The Kier molecular flexibility index (Phi) is 7.80. The van der Waals surface area contributed by atoms with Gasteiger partial charge in [0.05, 0.1) is 12.7 Å². The van der Waals surface area contributed by atoms with Crippen LogP contribution < -0.4 is 29.6 Å². The summed E-state index contributed by atoms with van der Waals surface area (Å²) in [6.45, 7) is 0. The fourth-order valence-electron chi connectivity index (χ4n) is 1.36. The van der Waals surface area contributed by atoms with Gasteiger partial charge in [0.2, 0.25) is 0 Å². The fraction of sp³-hybridized carbons (Fsp3) is 0.364. The number of aliphatic hydroxyl groups is 1. The molecule has 1 N–H and O–H groups in total. The molecular weight excluding hydrogens is 283 g/mol. The van der Waals surface area contributed by atoms with Crippen molar-refractivity contribution in [1.29, 1.82) is 0 Å². The minimum atomic E-state index is -4.67. The van der Waals surface area contributed by atoms with E-state index in [1.165, 1.54) is 19.2 Å². The molecule has 0 radical (unpaired) electrons. The molecule has 0 aliphatic carbocycles. The number of benzene rings is 1. The van der Waals surface area contributed by atoms with Crippen molar-refractivity contribution >= 4 is 16.1 Å². The first kappa shape index (κ1) is 18.6.